The molecule has 0 unspecified atom stereocenters. The minimum absolute atomic E-state index is 0.615. The zero-order chi connectivity index (χ0) is 10.4. The molecule has 0 aliphatic heterocycles. The maximum atomic E-state index is 2.43. The summed E-state index contributed by atoms with van der Waals surface area (Å²) < 4.78 is 0. The molecule has 0 radical (unpaired) electrons. The molecular formula is C14H24. The fourth-order valence-electron chi connectivity index (χ4n) is 2.41. The van der Waals surface area contributed by atoms with E-state index >= 15 is 0 Å². The first-order chi connectivity index (χ1) is 6.68. The van der Waals surface area contributed by atoms with Gasteiger partial charge in [0, 0.05) is 0 Å². The van der Waals surface area contributed by atoms with Crippen LogP contribution in [0.15, 0.2) is 23.8 Å². The molecular weight excluding hydrogens is 168 g/mol. The van der Waals surface area contributed by atoms with Crippen LogP contribution in [0.1, 0.15) is 59.3 Å². The molecule has 1 aliphatic rings. The van der Waals surface area contributed by atoms with Crippen molar-refractivity contribution in [2.75, 3.05) is 0 Å². The first-order valence-electron chi connectivity index (χ1n) is 5.93. The molecule has 0 aromatic rings. The Morgan fingerprint density at radius 3 is 2.29 bits per heavy atom. The van der Waals surface area contributed by atoms with Crippen molar-refractivity contribution >= 4 is 0 Å². The van der Waals surface area contributed by atoms with Crippen LogP contribution in [0.2, 0.25) is 0 Å². The van der Waals surface area contributed by atoms with Gasteiger partial charge in [-0.15, -0.1) is 0 Å². The zero-order valence-electron chi connectivity index (χ0n) is 9.97. The highest BCUT2D eigenvalue weighted by molar-refractivity contribution is 5.01. The predicted octanol–water partition coefficient (Wildman–Crippen LogP) is 4.87. The summed E-state index contributed by atoms with van der Waals surface area (Å²) in [4.78, 5) is 0. The molecule has 0 heteroatoms. The average molecular weight is 192 g/mol. The number of allylic oxidation sites excluding steroid dienone is 4. The van der Waals surface area contributed by atoms with E-state index in [1.165, 1.54) is 44.1 Å². The molecule has 0 saturated heterocycles. The number of rotatable bonds is 4. The van der Waals surface area contributed by atoms with E-state index in [1.807, 2.05) is 0 Å². The second kappa shape index (κ2) is 5.38. The van der Waals surface area contributed by atoms with Crippen LogP contribution in [0, 0.1) is 5.41 Å². The molecule has 0 bridgehead atoms. The van der Waals surface area contributed by atoms with Crippen LogP contribution >= 0.6 is 0 Å². The monoisotopic (exact) mass is 192 g/mol. The summed E-state index contributed by atoms with van der Waals surface area (Å²) in [6.07, 6.45) is 15.3. The van der Waals surface area contributed by atoms with Gasteiger partial charge < -0.3 is 0 Å². The minimum Gasteiger partial charge on any atom is -0.0916 e. The molecule has 80 valence electrons. The van der Waals surface area contributed by atoms with Crippen molar-refractivity contribution in [3.8, 4) is 0 Å². The Balaban J connectivity index is 2.57. The summed E-state index contributed by atoms with van der Waals surface area (Å²) in [5.74, 6) is 0. The smallest absolute Gasteiger partial charge is 0.0228 e. The van der Waals surface area contributed by atoms with Crippen LogP contribution < -0.4 is 0 Å². The lowest BCUT2D eigenvalue weighted by atomic mass is 9.79. The lowest BCUT2D eigenvalue weighted by Crippen LogP contribution is -2.14. The van der Waals surface area contributed by atoms with Crippen molar-refractivity contribution in [3.05, 3.63) is 23.8 Å². The second-order valence-corrected chi connectivity index (χ2v) is 4.97. The highest BCUT2D eigenvalue weighted by Gasteiger charge is 2.31. The maximum absolute atomic E-state index is 2.43. The van der Waals surface area contributed by atoms with Gasteiger partial charge in [-0.2, -0.15) is 0 Å². The standard InChI is InChI=1S/C14H24/c1-4-5-9-14(10-6-7-11-14)12-8-13(2)3/h4-5,8H,6-7,9-12H2,1-3H3. The summed E-state index contributed by atoms with van der Waals surface area (Å²) in [6, 6.07) is 0. The van der Waals surface area contributed by atoms with Crippen LogP contribution in [0.5, 0.6) is 0 Å². The molecule has 0 spiro atoms. The van der Waals surface area contributed by atoms with E-state index in [1.54, 1.807) is 0 Å². The maximum Gasteiger partial charge on any atom is -0.0228 e. The fourth-order valence-corrected chi connectivity index (χ4v) is 2.41. The first kappa shape index (κ1) is 11.6. The van der Waals surface area contributed by atoms with Gasteiger partial charge in [0.25, 0.3) is 0 Å². The van der Waals surface area contributed by atoms with E-state index in [-0.39, 0.29) is 0 Å². The van der Waals surface area contributed by atoms with Crippen molar-refractivity contribution in [1.29, 1.82) is 0 Å². The van der Waals surface area contributed by atoms with Crippen LogP contribution in [-0.4, -0.2) is 0 Å². The van der Waals surface area contributed by atoms with Crippen LogP contribution in [0.25, 0.3) is 0 Å². The SMILES string of the molecule is CC=CCC1(CC=C(C)C)CCCC1. The van der Waals surface area contributed by atoms with Crippen molar-refractivity contribution in [2.24, 2.45) is 5.41 Å². The minimum atomic E-state index is 0.615. The highest BCUT2D eigenvalue weighted by atomic mass is 14.4. The predicted molar refractivity (Wildman–Crippen MR) is 64.4 cm³/mol. The van der Waals surface area contributed by atoms with Gasteiger partial charge in [0.2, 0.25) is 0 Å². The molecule has 0 aromatic carbocycles. The lowest BCUT2D eigenvalue weighted by Gasteiger charge is -2.26. The fraction of sp³-hybridized carbons (Fsp3) is 0.714. The summed E-state index contributed by atoms with van der Waals surface area (Å²) in [7, 11) is 0. The lowest BCUT2D eigenvalue weighted by molar-refractivity contribution is 0.304. The van der Waals surface area contributed by atoms with E-state index in [4.69, 9.17) is 0 Å². The average Bonchev–Trinajstić information content (AvgIpc) is 2.61. The molecule has 1 aliphatic carbocycles. The van der Waals surface area contributed by atoms with Gasteiger partial charge in [0.05, 0.1) is 0 Å². The normalized spacial score (nSPS) is 20.2. The van der Waals surface area contributed by atoms with Gasteiger partial charge in [-0.1, -0.05) is 36.6 Å². The summed E-state index contributed by atoms with van der Waals surface area (Å²) in [6.45, 7) is 6.54. The first-order valence-corrected chi connectivity index (χ1v) is 5.93. The molecule has 0 atom stereocenters. The quantitative estimate of drug-likeness (QED) is 0.557. The Bertz CT molecular complexity index is 210. The highest BCUT2D eigenvalue weighted by Crippen LogP contribution is 2.44. The molecule has 1 rings (SSSR count). The van der Waals surface area contributed by atoms with E-state index in [2.05, 4.69) is 39.0 Å². The Hall–Kier alpha value is -0.520. The third-order valence-corrected chi connectivity index (χ3v) is 3.39. The van der Waals surface area contributed by atoms with Crippen molar-refractivity contribution in [3.63, 3.8) is 0 Å². The van der Waals surface area contributed by atoms with Gasteiger partial charge in [-0.05, 0) is 51.9 Å². The number of hydrogen-bond acceptors (Lipinski definition) is 0. The summed E-state index contributed by atoms with van der Waals surface area (Å²) in [5, 5.41) is 0. The molecule has 0 amide bonds. The Morgan fingerprint density at radius 1 is 1.14 bits per heavy atom. The molecule has 0 aromatic heterocycles. The molecule has 0 nitrogen and oxygen atoms in total. The van der Waals surface area contributed by atoms with E-state index in [9.17, 15) is 0 Å². The Labute approximate surface area is 89.1 Å². The van der Waals surface area contributed by atoms with E-state index < -0.39 is 0 Å². The summed E-state index contributed by atoms with van der Waals surface area (Å²) >= 11 is 0. The van der Waals surface area contributed by atoms with Gasteiger partial charge in [0.15, 0.2) is 0 Å². The van der Waals surface area contributed by atoms with E-state index in [0.717, 1.165) is 0 Å². The van der Waals surface area contributed by atoms with Crippen LogP contribution in [-0.2, 0) is 0 Å². The third kappa shape index (κ3) is 3.32. The van der Waals surface area contributed by atoms with Crippen molar-refractivity contribution in [2.45, 2.75) is 59.3 Å². The summed E-state index contributed by atoms with van der Waals surface area (Å²) in [5.41, 5.74) is 2.08. The van der Waals surface area contributed by atoms with Gasteiger partial charge in [0.1, 0.15) is 0 Å². The second-order valence-electron chi connectivity index (χ2n) is 4.97. The topological polar surface area (TPSA) is 0 Å². The van der Waals surface area contributed by atoms with Crippen LogP contribution in [0.3, 0.4) is 0 Å². The third-order valence-electron chi connectivity index (χ3n) is 3.39. The van der Waals surface area contributed by atoms with Gasteiger partial charge >= 0.3 is 0 Å². The molecule has 1 saturated carbocycles. The van der Waals surface area contributed by atoms with Gasteiger partial charge in [-0.25, -0.2) is 0 Å². The molecule has 0 N–H and O–H groups in total. The van der Waals surface area contributed by atoms with Crippen LogP contribution in [0.4, 0.5) is 0 Å². The molecule has 0 heterocycles. The Morgan fingerprint density at radius 2 is 1.79 bits per heavy atom. The van der Waals surface area contributed by atoms with E-state index in [0.29, 0.717) is 5.41 Å². The Kier molecular flexibility index (Phi) is 4.44. The zero-order valence-corrected chi connectivity index (χ0v) is 9.97. The largest absolute Gasteiger partial charge is 0.0916 e. The van der Waals surface area contributed by atoms with Crippen molar-refractivity contribution in [1.82, 2.24) is 0 Å². The van der Waals surface area contributed by atoms with Gasteiger partial charge in [-0.3, -0.25) is 0 Å². The number of hydrogen-bond donors (Lipinski definition) is 0. The molecule has 1 fully saturated rings. The van der Waals surface area contributed by atoms with Crippen molar-refractivity contribution < 1.29 is 0 Å². The molecule has 14 heavy (non-hydrogen) atoms.